The summed E-state index contributed by atoms with van der Waals surface area (Å²) >= 11 is 0. The topological polar surface area (TPSA) is 449 Å². The molecule has 0 aromatic carbocycles. The molecule has 0 spiro atoms. The van der Waals surface area contributed by atoms with Crippen LogP contribution in [0.5, 0.6) is 0 Å². The maximum atomic E-state index is 14.1. The van der Waals surface area contributed by atoms with Crippen LogP contribution in [0.2, 0.25) is 0 Å². The lowest BCUT2D eigenvalue weighted by molar-refractivity contribution is -0.146. The molecule has 0 aliphatic carbocycles. The minimum absolute atomic E-state index is 0.0101. The first-order chi connectivity index (χ1) is 30.4. The van der Waals surface area contributed by atoms with Crippen LogP contribution in [0, 0.1) is 0 Å². The number of primary amides is 1. The molecule has 0 fully saturated rings. The van der Waals surface area contributed by atoms with E-state index in [4.69, 9.17) is 57.3 Å². The Balaban J connectivity index is 6.37. The van der Waals surface area contributed by atoms with Gasteiger partial charge in [-0.15, -0.1) is 0 Å². The van der Waals surface area contributed by atoms with Crippen LogP contribution >= 0.6 is 0 Å². The standard InChI is InChI=1S/C38H78N20O6/c1-2-3-19-57(26-31(61)55(20-9-16-51-36(43)44)24-29(59)54-28(34(40)64)12-8-15-50-35(41)42)33(63)27-58(22-11-18-53-38(47)48)32(62)25-56(21-10-17-52-37(45)46)30(60)23-49-14-7-5-4-6-13-39/h28,49H,2-27,39H2,1H3,(H2,40,64)(H,54,59)(H4,41,42,50)(H4,43,44,51)(H4,45,46,52)(H4,47,48,53)/t28-/m1/s1. The molecule has 0 aliphatic heterocycles. The minimum atomic E-state index is -1.07. The predicted molar refractivity (Wildman–Crippen MR) is 249 cm³/mol. The largest absolute Gasteiger partial charge is 0.370 e. The lowest BCUT2D eigenvalue weighted by atomic mass is 10.1. The van der Waals surface area contributed by atoms with Gasteiger partial charge in [-0.3, -0.25) is 48.7 Å². The summed E-state index contributed by atoms with van der Waals surface area (Å²) in [6.45, 7) is 2.42. The number of amides is 6. The molecule has 0 bridgehead atoms. The van der Waals surface area contributed by atoms with Crippen LogP contribution in [0.25, 0.3) is 0 Å². The smallest absolute Gasteiger partial charge is 0.242 e. The van der Waals surface area contributed by atoms with E-state index in [0.717, 1.165) is 25.7 Å². The summed E-state index contributed by atoms with van der Waals surface area (Å²) in [6, 6.07) is -1.07. The van der Waals surface area contributed by atoms with Gasteiger partial charge in [0, 0.05) is 52.4 Å². The fourth-order valence-corrected chi connectivity index (χ4v) is 5.97. The highest BCUT2D eigenvalue weighted by Crippen LogP contribution is 2.07. The highest BCUT2D eigenvalue weighted by atomic mass is 16.2. The van der Waals surface area contributed by atoms with Gasteiger partial charge >= 0.3 is 0 Å². The van der Waals surface area contributed by atoms with Gasteiger partial charge in [-0.25, -0.2) is 0 Å². The number of nitrogens with zero attached hydrogens (tertiary/aromatic N) is 8. The van der Waals surface area contributed by atoms with E-state index < -0.39 is 55.2 Å². The highest BCUT2D eigenvalue weighted by molar-refractivity contribution is 5.92. The molecule has 6 amide bonds. The monoisotopic (exact) mass is 911 g/mol. The van der Waals surface area contributed by atoms with E-state index in [-0.39, 0.29) is 114 Å². The van der Waals surface area contributed by atoms with Crippen molar-refractivity contribution >= 4 is 59.3 Å². The maximum absolute atomic E-state index is 14.1. The fourth-order valence-electron chi connectivity index (χ4n) is 5.97. The summed E-state index contributed by atoms with van der Waals surface area (Å²) in [5, 5.41) is 5.69. The Morgan fingerprint density at radius 2 is 0.875 bits per heavy atom. The summed E-state index contributed by atoms with van der Waals surface area (Å²) in [5.41, 5.74) is 54.7. The quantitative estimate of drug-likeness (QED) is 0.0157. The molecule has 0 saturated carbocycles. The Morgan fingerprint density at radius 1 is 0.484 bits per heavy atom. The molecule has 0 aromatic heterocycles. The first-order valence-electron chi connectivity index (χ1n) is 21.7. The zero-order valence-electron chi connectivity index (χ0n) is 37.8. The number of unbranched alkanes of at least 4 members (excludes halogenated alkanes) is 4. The average Bonchev–Trinajstić information content (AvgIpc) is 3.22. The van der Waals surface area contributed by atoms with Gasteiger partial charge in [0.05, 0.1) is 32.7 Å². The van der Waals surface area contributed by atoms with Crippen LogP contribution in [0.4, 0.5) is 0 Å². The normalized spacial score (nSPS) is 11.0. The van der Waals surface area contributed by atoms with Crippen LogP contribution < -0.4 is 68.0 Å². The van der Waals surface area contributed by atoms with Crippen LogP contribution in [0.15, 0.2) is 20.0 Å². The number of hydrogen-bond acceptors (Lipinski definition) is 12. The summed E-state index contributed by atoms with van der Waals surface area (Å²) < 4.78 is 0. The third-order valence-corrected chi connectivity index (χ3v) is 9.35. The Labute approximate surface area is 376 Å². The number of carbonyl (C=O) groups excluding carboxylic acids is 6. The molecule has 26 nitrogen and oxygen atoms in total. The number of nitrogens with two attached hydrogens (primary N) is 10. The van der Waals surface area contributed by atoms with Crippen molar-refractivity contribution < 1.29 is 28.8 Å². The van der Waals surface area contributed by atoms with Crippen molar-refractivity contribution in [1.82, 2.24) is 30.2 Å². The third-order valence-electron chi connectivity index (χ3n) is 9.35. The van der Waals surface area contributed by atoms with E-state index in [9.17, 15) is 28.8 Å². The first kappa shape index (κ1) is 57.8. The summed E-state index contributed by atoms with van der Waals surface area (Å²) in [6.07, 6.45) is 6.23. The van der Waals surface area contributed by atoms with Gasteiger partial charge in [-0.1, -0.05) is 26.2 Å². The van der Waals surface area contributed by atoms with Crippen molar-refractivity contribution in [2.24, 2.45) is 77.3 Å². The molecule has 0 aliphatic rings. The Kier molecular flexibility index (Phi) is 31.9. The van der Waals surface area contributed by atoms with Crippen LogP contribution in [-0.2, 0) is 28.8 Å². The molecule has 0 aromatic rings. The zero-order valence-corrected chi connectivity index (χ0v) is 37.8. The molecule has 22 N–H and O–H groups in total. The maximum Gasteiger partial charge on any atom is 0.242 e. The van der Waals surface area contributed by atoms with Gasteiger partial charge < -0.3 is 87.6 Å². The van der Waals surface area contributed by atoms with Crippen molar-refractivity contribution in [3.63, 3.8) is 0 Å². The zero-order chi connectivity index (χ0) is 48.3. The predicted octanol–water partition coefficient (Wildman–Crippen LogP) is -5.78. The van der Waals surface area contributed by atoms with E-state index in [1.54, 1.807) is 0 Å². The molecular weight excluding hydrogens is 833 g/mol. The molecule has 0 heterocycles. The number of guanidine groups is 4. The van der Waals surface area contributed by atoms with Crippen molar-refractivity contribution in [3.05, 3.63) is 0 Å². The number of carbonyl (C=O) groups is 6. The van der Waals surface area contributed by atoms with E-state index in [1.807, 2.05) is 6.92 Å². The number of hydrogen-bond donors (Lipinski definition) is 12. The van der Waals surface area contributed by atoms with Gasteiger partial charge in [0.25, 0.3) is 0 Å². The fraction of sp³-hybridized carbons (Fsp3) is 0.737. The third kappa shape index (κ3) is 30.0. The number of aliphatic imine (C=N–C) groups is 4. The van der Waals surface area contributed by atoms with Gasteiger partial charge in [0.2, 0.25) is 35.4 Å². The van der Waals surface area contributed by atoms with Gasteiger partial charge in [0.1, 0.15) is 6.04 Å². The Bertz CT molecular complexity index is 1530. The minimum Gasteiger partial charge on any atom is -0.370 e. The van der Waals surface area contributed by atoms with Gasteiger partial charge in [0.15, 0.2) is 23.8 Å². The SMILES string of the molecule is CCCCN(CC(=O)N(CCCN=C(N)N)CC(=O)N[C@H](CCCN=C(N)N)C(N)=O)C(=O)CN(CCCN=C(N)N)C(=O)CN(CCCN=C(N)N)C(=O)CNCCCCCCN. The second kappa shape index (κ2) is 35.3. The Morgan fingerprint density at radius 3 is 1.28 bits per heavy atom. The van der Waals surface area contributed by atoms with Gasteiger partial charge in [-0.05, 0) is 64.5 Å². The summed E-state index contributed by atoms with van der Waals surface area (Å²) in [7, 11) is 0. The first-order valence-corrected chi connectivity index (χ1v) is 21.7. The van der Waals surface area contributed by atoms with E-state index in [0.29, 0.717) is 38.8 Å². The van der Waals surface area contributed by atoms with Crippen LogP contribution in [-0.4, -0.2) is 183 Å². The van der Waals surface area contributed by atoms with E-state index in [1.165, 1.54) is 19.6 Å². The summed E-state index contributed by atoms with van der Waals surface area (Å²) in [5.74, 6) is -4.03. The molecule has 26 heteroatoms. The number of nitrogens with one attached hydrogen (secondary N) is 2. The van der Waals surface area contributed by atoms with E-state index >= 15 is 0 Å². The lowest BCUT2D eigenvalue weighted by Gasteiger charge is -2.31. The molecule has 1 atom stereocenters. The second-order valence-corrected chi connectivity index (χ2v) is 14.9. The lowest BCUT2D eigenvalue weighted by Crippen LogP contribution is -2.52. The molecule has 64 heavy (non-hydrogen) atoms. The molecule has 0 saturated heterocycles. The Hall–Kier alpha value is -6.18. The van der Waals surface area contributed by atoms with Crippen molar-refractivity contribution in [3.8, 4) is 0 Å². The highest BCUT2D eigenvalue weighted by Gasteiger charge is 2.28. The molecule has 0 radical (unpaired) electrons. The van der Waals surface area contributed by atoms with Gasteiger partial charge in [-0.2, -0.15) is 0 Å². The molecular formula is C38H78N20O6. The molecule has 0 unspecified atom stereocenters. The van der Waals surface area contributed by atoms with Crippen molar-refractivity contribution in [1.29, 1.82) is 0 Å². The summed E-state index contributed by atoms with van der Waals surface area (Å²) in [4.78, 5) is 102. The molecule has 0 rings (SSSR count). The van der Waals surface area contributed by atoms with Crippen LogP contribution in [0.1, 0.15) is 77.6 Å². The van der Waals surface area contributed by atoms with Crippen molar-refractivity contribution in [2.75, 3.05) is 98.2 Å². The average molecular weight is 911 g/mol. The molecule has 366 valence electrons. The second-order valence-electron chi connectivity index (χ2n) is 14.9. The van der Waals surface area contributed by atoms with E-state index in [2.05, 4.69) is 30.6 Å². The van der Waals surface area contributed by atoms with Crippen LogP contribution in [0.3, 0.4) is 0 Å². The number of rotatable bonds is 37. The van der Waals surface area contributed by atoms with Crippen molar-refractivity contribution in [2.45, 2.75) is 83.6 Å².